The van der Waals surface area contributed by atoms with Crippen LogP contribution in [0.3, 0.4) is 0 Å². The molecule has 1 aliphatic rings. The van der Waals surface area contributed by atoms with Crippen LogP contribution in [0, 0.1) is 6.92 Å². The Kier molecular flexibility index (Phi) is 5.33. The van der Waals surface area contributed by atoms with Gasteiger partial charge in [-0.1, -0.05) is 38.1 Å². The van der Waals surface area contributed by atoms with Crippen LogP contribution in [0.25, 0.3) is 16.6 Å². The number of aromatic nitrogens is 4. The molecule has 2 aromatic carbocycles. The molecule has 2 aromatic heterocycles. The molecule has 0 saturated carbocycles. The average Bonchev–Trinajstić information content (AvgIpc) is 3.24. The predicted molar refractivity (Wildman–Crippen MR) is 129 cm³/mol. The Labute approximate surface area is 193 Å². The molecule has 0 bridgehead atoms. The highest BCUT2D eigenvalue weighted by atomic mass is 32.2. The summed E-state index contributed by atoms with van der Waals surface area (Å²) < 4.78 is 30.3. The molecule has 4 aromatic rings. The van der Waals surface area contributed by atoms with Crippen molar-refractivity contribution in [1.29, 1.82) is 0 Å². The van der Waals surface area contributed by atoms with E-state index in [0.29, 0.717) is 24.5 Å². The van der Waals surface area contributed by atoms with Crippen molar-refractivity contribution in [3.63, 3.8) is 0 Å². The molecule has 3 heterocycles. The van der Waals surface area contributed by atoms with E-state index in [4.69, 9.17) is 4.98 Å². The molecule has 1 atom stereocenters. The second-order valence-electron chi connectivity index (χ2n) is 9.03. The Morgan fingerprint density at radius 3 is 2.55 bits per heavy atom. The quantitative estimate of drug-likeness (QED) is 0.459. The van der Waals surface area contributed by atoms with E-state index in [2.05, 4.69) is 28.9 Å². The van der Waals surface area contributed by atoms with Crippen LogP contribution in [0.2, 0.25) is 0 Å². The average molecular weight is 465 g/mol. The minimum absolute atomic E-state index is 0.169. The summed E-state index contributed by atoms with van der Waals surface area (Å²) in [6.07, 6.45) is 0. The van der Waals surface area contributed by atoms with Crippen molar-refractivity contribution in [2.75, 3.05) is 24.5 Å². The normalized spacial score (nSPS) is 18.0. The van der Waals surface area contributed by atoms with Gasteiger partial charge in [0.1, 0.15) is 5.82 Å². The summed E-state index contributed by atoms with van der Waals surface area (Å²) in [5.74, 6) is 1.78. The standard InChI is InChI=1S/C24H28N6O2S/c1-16(2)22-26-27-23-20-10-5-6-11-21(20)25-24(30(22)23)28-12-13-29(18(4)15-28)33(31,32)19-9-7-8-17(3)14-19/h5-11,14,16,18H,12-13,15H2,1-4H3/t18-/m1/s1. The zero-order valence-corrected chi connectivity index (χ0v) is 20.1. The fourth-order valence-electron chi connectivity index (χ4n) is 4.56. The Hall–Kier alpha value is -3.04. The van der Waals surface area contributed by atoms with Gasteiger partial charge in [-0.25, -0.2) is 17.8 Å². The van der Waals surface area contributed by atoms with Gasteiger partial charge in [-0.15, -0.1) is 10.2 Å². The number of rotatable bonds is 4. The fourth-order valence-corrected chi connectivity index (χ4v) is 6.28. The summed E-state index contributed by atoms with van der Waals surface area (Å²) in [7, 11) is -3.57. The fraction of sp³-hybridized carbons (Fsp3) is 0.375. The van der Waals surface area contributed by atoms with Crippen LogP contribution in [0.1, 0.15) is 38.1 Å². The maximum absolute atomic E-state index is 13.3. The third-order valence-electron chi connectivity index (χ3n) is 6.22. The highest BCUT2D eigenvalue weighted by molar-refractivity contribution is 7.89. The van der Waals surface area contributed by atoms with Gasteiger partial charge >= 0.3 is 0 Å². The number of hydrogen-bond donors (Lipinski definition) is 0. The van der Waals surface area contributed by atoms with Gasteiger partial charge in [0, 0.05) is 37.0 Å². The summed E-state index contributed by atoms with van der Waals surface area (Å²) in [6.45, 7) is 9.48. The summed E-state index contributed by atoms with van der Waals surface area (Å²) >= 11 is 0. The van der Waals surface area contributed by atoms with Crippen molar-refractivity contribution < 1.29 is 8.42 Å². The molecule has 1 fully saturated rings. The van der Waals surface area contributed by atoms with Crippen LogP contribution in [-0.4, -0.2) is 58.0 Å². The largest absolute Gasteiger partial charge is 0.339 e. The summed E-state index contributed by atoms with van der Waals surface area (Å²) in [5.41, 5.74) is 2.56. The lowest BCUT2D eigenvalue weighted by Gasteiger charge is -2.39. The summed E-state index contributed by atoms with van der Waals surface area (Å²) in [4.78, 5) is 7.47. The monoisotopic (exact) mass is 464 g/mol. The van der Waals surface area contributed by atoms with Crippen molar-refractivity contribution >= 4 is 32.5 Å². The topological polar surface area (TPSA) is 83.7 Å². The SMILES string of the molecule is Cc1cccc(S(=O)(=O)N2CCN(c3nc4ccccc4c4nnc(C(C)C)n34)C[C@H]2C)c1. The van der Waals surface area contributed by atoms with Crippen LogP contribution in [-0.2, 0) is 10.0 Å². The molecule has 33 heavy (non-hydrogen) atoms. The Bertz CT molecular complexity index is 1450. The van der Waals surface area contributed by atoms with Crippen molar-refractivity contribution in [2.24, 2.45) is 0 Å². The van der Waals surface area contributed by atoms with Crippen LogP contribution in [0.4, 0.5) is 5.95 Å². The molecule has 5 rings (SSSR count). The van der Waals surface area contributed by atoms with Crippen molar-refractivity contribution in [1.82, 2.24) is 23.9 Å². The van der Waals surface area contributed by atoms with E-state index < -0.39 is 10.0 Å². The molecule has 0 unspecified atom stereocenters. The molecule has 0 radical (unpaired) electrons. The lowest BCUT2D eigenvalue weighted by Crippen LogP contribution is -2.54. The van der Waals surface area contributed by atoms with E-state index in [1.54, 1.807) is 22.5 Å². The van der Waals surface area contributed by atoms with Gasteiger partial charge in [-0.05, 0) is 43.7 Å². The number of para-hydroxylation sites is 1. The van der Waals surface area contributed by atoms with Crippen LogP contribution in [0.5, 0.6) is 0 Å². The van der Waals surface area contributed by atoms with E-state index in [1.165, 1.54) is 0 Å². The highest BCUT2D eigenvalue weighted by Crippen LogP contribution is 2.29. The smallest absolute Gasteiger partial charge is 0.243 e. The number of piperazine rings is 1. The number of aryl methyl sites for hydroxylation is 1. The number of fused-ring (bicyclic) bond motifs is 3. The molecule has 9 heteroatoms. The minimum atomic E-state index is -3.57. The first-order valence-corrected chi connectivity index (χ1v) is 12.7. The van der Waals surface area contributed by atoms with Crippen LogP contribution >= 0.6 is 0 Å². The summed E-state index contributed by atoms with van der Waals surface area (Å²) in [6, 6.07) is 14.8. The van der Waals surface area contributed by atoms with Gasteiger partial charge in [0.15, 0.2) is 5.65 Å². The molecule has 0 aliphatic carbocycles. The van der Waals surface area contributed by atoms with Crippen LogP contribution < -0.4 is 4.90 Å². The second-order valence-corrected chi connectivity index (χ2v) is 10.9. The molecule has 0 N–H and O–H groups in total. The first-order valence-electron chi connectivity index (χ1n) is 11.2. The second kappa shape index (κ2) is 8.07. The van der Waals surface area contributed by atoms with Gasteiger partial charge in [0.25, 0.3) is 0 Å². The number of anilines is 1. The van der Waals surface area contributed by atoms with E-state index in [0.717, 1.165) is 33.9 Å². The third kappa shape index (κ3) is 3.65. The first kappa shape index (κ1) is 21.8. The van der Waals surface area contributed by atoms with E-state index in [1.807, 2.05) is 48.6 Å². The molecule has 0 amide bonds. The van der Waals surface area contributed by atoms with Gasteiger partial charge < -0.3 is 4.90 Å². The number of hydrogen-bond acceptors (Lipinski definition) is 6. The van der Waals surface area contributed by atoms with Gasteiger partial charge in [0.2, 0.25) is 16.0 Å². The van der Waals surface area contributed by atoms with E-state index >= 15 is 0 Å². The molecule has 8 nitrogen and oxygen atoms in total. The zero-order valence-electron chi connectivity index (χ0n) is 19.3. The van der Waals surface area contributed by atoms with Crippen molar-refractivity contribution in [3.05, 3.63) is 59.9 Å². The molecule has 172 valence electrons. The lowest BCUT2D eigenvalue weighted by atomic mass is 10.2. The van der Waals surface area contributed by atoms with Crippen molar-refractivity contribution in [3.8, 4) is 0 Å². The first-order chi connectivity index (χ1) is 15.8. The maximum atomic E-state index is 13.3. The maximum Gasteiger partial charge on any atom is 0.243 e. The Morgan fingerprint density at radius 1 is 1.03 bits per heavy atom. The number of nitrogens with zero attached hydrogens (tertiary/aromatic N) is 6. The Balaban J connectivity index is 1.54. The van der Waals surface area contributed by atoms with E-state index in [-0.39, 0.29) is 12.0 Å². The van der Waals surface area contributed by atoms with Crippen LogP contribution in [0.15, 0.2) is 53.4 Å². The molecular weight excluding hydrogens is 436 g/mol. The Morgan fingerprint density at radius 2 is 1.82 bits per heavy atom. The van der Waals surface area contributed by atoms with Gasteiger partial charge in [-0.3, -0.25) is 0 Å². The minimum Gasteiger partial charge on any atom is -0.339 e. The van der Waals surface area contributed by atoms with Gasteiger partial charge in [0.05, 0.1) is 10.4 Å². The number of benzene rings is 2. The van der Waals surface area contributed by atoms with Crippen molar-refractivity contribution in [2.45, 2.75) is 44.6 Å². The summed E-state index contributed by atoms with van der Waals surface area (Å²) in [5, 5.41) is 9.90. The van der Waals surface area contributed by atoms with Gasteiger partial charge in [-0.2, -0.15) is 4.31 Å². The molecular formula is C24H28N6O2S. The molecule has 1 saturated heterocycles. The molecule has 0 spiro atoms. The number of sulfonamides is 1. The van der Waals surface area contributed by atoms with E-state index in [9.17, 15) is 8.42 Å². The highest BCUT2D eigenvalue weighted by Gasteiger charge is 2.35. The third-order valence-corrected chi connectivity index (χ3v) is 8.22. The lowest BCUT2D eigenvalue weighted by molar-refractivity contribution is 0.304. The predicted octanol–water partition coefficient (Wildman–Crippen LogP) is 3.61. The molecule has 1 aliphatic heterocycles. The zero-order chi connectivity index (χ0) is 23.3.